The van der Waals surface area contributed by atoms with E-state index in [0.29, 0.717) is 10.6 Å². The standard InChI is InChI=1S/C19H27FN2O16P2S/c1-2-4-19(20)15(29)9(35-17(19)22-5-3-10(25)21-18(22)30)7-34-40(33,41)38-39(31,32)37-16-13(28)11(26)12(27)14(36-16)8(24)6-23/h3-5,8-9,11-17,23-24,26-29H,1,6-7H2,(H,31,32)(H,33,41)(H,21,25,30)/t8-,9+,11?,12?,13?,14?,15+,16?,17+,19+,40?/m0/s1. The van der Waals surface area contributed by atoms with Gasteiger partial charge in [-0.25, -0.2) is 18.1 Å². The predicted molar refractivity (Wildman–Crippen MR) is 133 cm³/mol. The predicted octanol–water partition coefficient (Wildman–Crippen LogP) is -3.63. The Morgan fingerprint density at radius 1 is 1.24 bits per heavy atom. The van der Waals surface area contributed by atoms with Gasteiger partial charge < -0.3 is 54.4 Å². The summed E-state index contributed by atoms with van der Waals surface area (Å²) in [5, 5.41) is 59.2. The van der Waals surface area contributed by atoms with Gasteiger partial charge in [0.15, 0.2) is 12.5 Å². The highest BCUT2D eigenvalue weighted by Gasteiger charge is 2.58. The number of phosphoric acid groups is 1. The molecule has 232 valence electrons. The van der Waals surface area contributed by atoms with Crippen LogP contribution in [0.5, 0.6) is 0 Å². The number of aliphatic hydroxyl groups excluding tert-OH is 6. The molecule has 9 N–H and O–H groups in total. The lowest BCUT2D eigenvalue weighted by Gasteiger charge is -2.41. The average Bonchev–Trinajstić information content (AvgIpc) is 3.11. The monoisotopic (exact) mass is 652 g/mol. The van der Waals surface area contributed by atoms with E-state index in [9.17, 15) is 49.5 Å². The van der Waals surface area contributed by atoms with Crippen LogP contribution in [0.4, 0.5) is 4.39 Å². The van der Waals surface area contributed by atoms with E-state index < -0.39 is 99.9 Å². The van der Waals surface area contributed by atoms with E-state index in [1.807, 2.05) is 4.98 Å². The van der Waals surface area contributed by atoms with Gasteiger partial charge in [0.1, 0.15) is 42.7 Å². The topological polar surface area (TPSA) is 280 Å². The second kappa shape index (κ2) is 13.0. The second-order valence-corrected chi connectivity index (χ2v) is 13.2. The number of H-pyrrole nitrogens is 1. The first kappa shape index (κ1) is 34.0. The largest absolute Gasteiger partial charge is 0.481 e. The number of aromatic amines is 1. The lowest BCUT2D eigenvalue weighted by atomic mass is 9.96. The second-order valence-electron chi connectivity index (χ2n) is 8.78. The summed E-state index contributed by atoms with van der Waals surface area (Å²) in [5.74, 6) is 0. The molecule has 2 aliphatic rings. The first-order chi connectivity index (χ1) is 19.0. The number of hydrogen-bond donors (Lipinski definition) is 9. The molecule has 18 nitrogen and oxygen atoms in total. The molecule has 2 fully saturated rings. The molecule has 22 heteroatoms. The van der Waals surface area contributed by atoms with Gasteiger partial charge in [-0.05, 0) is 11.8 Å². The van der Waals surface area contributed by atoms with Crippen LogP contribution in [0.3, 0.4) is 0 Å². The van der Waals surface area contributed by atoms with Crippen LogP contribution in [0.25, 0.3) is 0 Å². The van der Waals surface area contributed by atoms with E-state index in [-0.39, 0.29) is 0 Å². The summed E-state index contributed by atoms with van der Waals surface area (Å²) in [5.41, 5.74) is -2.69. The number of alkyl halides is 1. The van der Waals surface area contributed by atoms with E-state index in [4.69, 9.17) is 19.1 Å². The van der Waals surface area contributed by atoms with Crippen molar-refractivity contribution in [2.24, 2.45) is 0 Å². The molecule has 2 saturated heterocycles. The molecule has 3 heterocycles. The van der Waals surface area contributed by atoms with E-state index in [1.54, 1.807) is 0 Å². The average molecular weight is 652 g/mol. The molecule has 7 unspecified atom stereocenters. The Bertz CT molecular complexity index is 1360. The highest BCUT2D eigenvalue weighted by atomic mass is 32.5. The fourth-order valence-corrected chi connectivity index (χ4v) is 7.06. The molecule has 1 aromatic heterocycles. The summed E-state index contributed by atoms with van der Waals surface area (Å²) in [7, 11) is -5.55. The molecule has 0 saturated carbocycles. The third kappa shape index (κ3) is 7.53. The number of aromatic nitrogens is 2. The maximum atomic E-state index is 15.8. The van der Waals surface area contributed by atoms with Gasteiger partial charge in [0.25, 0.3) is 5.56 Å². The minimum absolute atomic E-state index is 0.599. The molecule has 0 amide bonds. The minimum atomic E-state index is -5.55. The van der Waals surface area contributed by atoms with E-state index >= 15 is 4.39 Å². The van der Waals surface area contributed by atoms with Crippen molar-refractivity contribution in [1.82, 2.24) is 9.55 Å². The number of rotatable bonds is 11. The van der Waals surface area contributed by atoms with Crippen LogP contribution in [-0.2, 0) is 39.2 Å². The summed E-state index contributed by atoms with van der Waals surface area (Å²) < 4.78 is 53.1. The quantitative estimate of drug-likeness (QED) is 0.0824. The molecule has 2 aliphatic heterocycles. The lowest BCUT2D eigenvalue weighted by Crippen LogP contribution is -2.61. The van der Waals surface area contributed by atoms with Gasteiger partial charge in [-0.15, -0.1) is 5.73 Å². The third-order valence-corrected chi connectivity index (χ3v) is 9.45. The molecule has 0 aromatic carbocycles. The molecule has 0 radical (unpaired) electrons. The van der Waals surface area contributed by atoms with Gasteiger partial charge >= 0.3 is 20.2 Å². The molecule has 0 aliphatic carbocycles. The van der Waals surface area contributed by atoms with Crippen molar-refractivity contribution in [3.05, 3.63) is 51.5 Å². The summed E-state index contributed by atoms with van der Waals surface area (Å²) in [6.45, 7) is -3.60. The number of halogens is 1. The van der Waals surface area contributed by atoms with Crippen molar-refractivity contribution in [2.45, 2.75) is 60.9 Å². The SMILES string of the molecule is C=C=C[C@@]1(F)[C@H](O)[C@@H](COP(O)(=S)OP(=O)(O)OC2OC([C@@H](O)CO)C(O)C(O)C2O)O[C@H]1n1ccc(=O)[nH]c1=O. The van der Waals surface area contributed by atoms with E-state index in [0.717, 1.165) is 12.3 Å². The summed E-state index contributed by atoms with van der Waals surface area (Å²) in [4.78, 5) is 45.8. The van der Waals surface area contributed by atoms with Crippen molar-refractivity contribution >= 4 is 26.3 Å². The van der Waals surface area contributed by atoms with Crippen LogP contribution < -0.4 is 11.2 Å². The number of nitrogens with zero attached hydrogens (tertiary/aromatic N) is 1. The van der Waals surface area contributed by atoms with Crippen molar-refractivity contribution in [3.8, 4) is 0 Å². The molecule has 12 atom stereocenters. The van der Waals surface area contributed by atoms with Gasteiger partial charge in [-0.1, -0.05) is 6.58 Å². The van der Waals surface area contributed by atoms with Crippen LogP contribution >= 0.6 is 14.5 Å². The maximum absolute atomic E-state index is 15.8. The Morgan fingerprint density at radius 2 is 1.90 bits per heavy atom. The molecule has 0 bridgehead atoms. The molecular formula is C19H27FN2O16P2S. The highest BCUT2D eigenvalue weighted by Crippen LogP contribution is 2.62. The number of ether oxygens (including phenoxy) is 2. The van der Waals surface area contributed by atoms with Crippen LogP contribution in [0, 0.1) is 0 Å². The van der Waals surface area contributed by atoms with Gasteiger partial charge in [0.05, 0.1) is 13.2 Å². The first-order valence-electron chi connectivity index (χ1n) is 11.4. The smallest absolute Gasteiger partial charge is 0.394 e. The Morgan fingerprint density at radius 3 is 2.49 bits per heavy atom. The fourth-order valence-electron chi connectivity index (χ4n) is 3.96. The molecule has 1 aromatic rings. The Hall–Kier alpha value is -1.51. The Balaban J connectivity index is 1.71. The Labute approximate surface area is 234 Å². The summed E-state index contributed by atoms with van der Waals surface area (Å²) in [6.07, 6.45) is -16.4. The number of nitrogens with one attached hydrogen (secondary N) is 1. The summed E-state index contributed by atoms with van der Waals surface area (Å²) in [6, 6.07) is 0.874. The van der Waals surface area contributed by atoms with Crippen molar-refractivity contribution < 1.29 is 72.2 Å². The van der Waals surface area contributed by atoms with Crippen molar-refractivity contribution in [3.63, 3.8) is 0 Å². The zero-order valence-corrected chi connectivity index (χ0v) is 23.1. The Kier molecular flexibility index (Phi) is 10.8. The first-order valence-corrected chi connectivity index (χ1v) is 15.4. The number of aliphatic hydroxyl groups is 6. The van der Waals surface area contributed by atoms with E-state index in [1.165, 1.54) is 0 Å². The van der Waals surface area contributed by atoms with Crippen LogP contribution in [0.1, 0.15) is 6.23 Å². The van der Waals surface area contributed by atoms with Crippen LogP contribution in [-0.4, -0.2) is 118 Å². The highest BCUT2D eigenvalue weighted by molar-refractivity contribution is 8.08. The zero-order chi connectivity index (χ0) is 30.9. The fraction of sp³-hybridized carbons (Fsp3) is 0.632. The van der Waals surface area contributed by atoms with Crippen molar-refractivity contribution in [1.29, 1.82) is 0 Å². The molecule has 0 spiro atoms. The zero-order valence-electron chi connectivity index (χ0n) is 20.5. The van der Waals surface area contributed by atoms with Gasteiger partial charge in [0.2, 0.25) is 5.67 Å². The third-order valence-electron chi connectivity index (χ3n) is 5.93. The number of hydrogen-bond acceptors (Lipinski definition) is 15. The van der Waals surface area contributed by atoms with Crippen molar-refractivity contribution in [2.75, 3.05) is 13.2 Å². The molecule has 41 heavy (non-hydrogen) atoms. The lowest BCUT2D eigenvalue weighted by molar-refractivity contribution is -0.292. The molecule has 3 rings (SSSR count). The van der Waals surface area contributed by atoms with Crippen LogP contribution in [0.2, 0.25) is 0 Å². The van der Waals surface area contributed by atoms with Gasteiger partial charge in [-0.2, -0.15) is 0 Å². The minimum Gasteiger partial charge on any atom is -0.394 e. The maximum Gasteiger partial charge on any atom is 0.481 e. The normalized spacial score (nSPS) is 37.5. The molecular weight excluding hydrogens is 625 g/mol. The van der Waals surface area contributed by atoms with Gasteiger partial charge in [0, 0.05) is 18.3 Å². The van der Waals surface area contributed by atoms with Crippen LogP contribution in [0.15, 0.2) is 40.2 Å². The van der Waals surface area contributed by atoms with E-state index in [2.05, 4.69) is 33.0 Å². The number of phosphoric ester groups is 1. The summed E-state index contributed by atoms with van der Waals surface area (Å²) >= 11 is 4.64. The van der Waals surface area contributed by atoms with Gasteiger partial charge in [-0.3, -0.25) is 18.9 Å².